The molecule has 5 heteroatoms. The molecule has 0 radical (unpaired) electrons. The van der Waals surface area contributed by atoms with Gasteiger partial charge in [-0.25, -0.2) is 8.78 Å². The summed E-state index contributed by atoms with van der Waals surface area (Å²) in [6.45, 7) is 1.84. The van der Waals surface area contributed by atoms with Gasteiger partial charge in [-0.3, -0.25) is 0 Å². The molecule has 0 aliphatic rings. The number of hydrogen-bond acceptors (Lipinski definition) is 3. The van der Waals surface area contributed by atoms with Crippen molar-refractivity contribution in [1.82, 2.24) is 4.90 Å². The standard InChI is InChI=1S/C13H20F2N2O/c1-8(16)5-12(17(2)3)9-6-11(15)13(18-4)7-10(9)14/h6-8,12H,5,16H2,1-4H3. The van der Waals surface area contributed by atoms with Gasteiger partial charge in [-0.2, -0.15) is 0 Å². The fourth-order valence-corrected chi connectivity index (χ4v) is 1.92. The first-order chi connectivity index (χ1) is 8.36. The first kappa shape index (κ1) is 14.9. The highest BCUT2D eigenvalue weighted by Gasteiger charge is 2.22. The van der Waals surface area contributed by atoms with Crippen LogP contribution in [0.15, 0.2) is 12.1 Å². The Morgan fingerprint density at radius 2 is 1.89 bits per heavy atom. The van der Waals surface area contributed by atoms with Crippen LogP contribution in [0.25, 0.3) is 0 Å². The van der Waals surface area contributed by atoms with Gasteiger partial charge >= 0.3 is 0 Å². The summed E-state index contributed by atoms with van der Waals surface area (Å²) in [5, 5.41) is 0. The van der Waals surface area contributed by atoms with E-state index in [1.165, 1.54) is 13.2 Å². The Hall–Kier alpha value is -1.20. The molecule has 102 valence electrons. The van der Waals surface area contributed by atoms with Crippen LogP contribution in [0.5, 0.6) is 5.75 Å². The van der Waals surface area contributed by atoms with E-state index in [1.807, 2.05) is 25.9 Å². The maximum absolute atomic E-state index is 14.0. The summed E-state index contributed by atoms with van der Waals surface area (Å²) in [7, 11) is 4.94. The molecule has 0 aliphatic carbocycles. The van der Waals surface area contributed by atoms with Crippen molar-refractivity contribution in [3.05, 3.63) is 29.3 Å². The first-order valence-electron chi connectivity index (χ1n) is 5.81. The average molecular weight is 258 g/mol. The topological polar surface area (TPSA) is 38.5 Å². The van der Waals surface area contributed by atoms with Crippen LogP contribution in [0.4, 0.5) is 8.78 Å². The number of methoxy groups -OCH3 is 1. The lowest BCUT2D eigenvalue weighted by molar-refractivity contribution is 0.264. The molecule has 0 bridgehead atoms. The molecule has 3 nitrogen and oxygen atoms in total. The van der Waals surface area contributed by atoms with Crippen LogP contribution in [0.2, 0.25) is 0 Å². The average Bonchev–Trinajstić information content (AvgIpc) is 2.28. The summed E-state index contributed by atoms with van der Waals surface area (Å²) < 4.78 is 32.4. The number of benzene rings is 1. The van der Waals surface area contributed by atoms with Crippen molar-refractivity contribution in [1.29, 1.82) is 0 Å². The second kappa shape index (κ2) is 6.11. The summed E-state index contributed by atoms with van der Waals surface area (Å²) in [6.07, 6.45) is 0.551. The van der Waals surface area contributed by atoms with Gasteiger partial charge < -0.3 is 15.4 Å². The van der Waals surface area contributed by atoms with Crippen LogP contribution in [-0.4, -0.2) is 32.1 Å². The van der Waals surface area contributed by atoms with Crippen LogP contribution >= 0.6 is 0 Å². The minimum Gasteiger partial charge on any atom is -0.494 e. The molecule has 18 heavy (non-hydrogen) atoms. The van der Waals surface area contributed by atoms with Gasteiger partial charge in [-0.05, 0) is 33.5 Å². The lowest BCUT2D eigenvalue weighted by Crippen LogP contribution is -2.28. The van der Waals surface area contributed by atoms with Crippen molar-refractivity contribution >= 4 is 0 Å². The summed E-state index contributed by atoms with van der Waals surface area (Å²) in [5.74, 6) is -1.13. The zero-order valence-electron chi connectivity index (χ0n) is 11.2. The molecular formula is C13H20F2N2O. The Labute approximate surface area is 107 Å². The highest BCUT2D eigenvalue weighted by molar-refractivity contribution is 5.32. The molecule has 0 saturated heterocycles. The predicted octanol–water partition coefficient (Wildman–Crippen LogP) is 2.31. The van der Waals surface area contributed by atoms with Crippen LogP contribution < -0.4 is 10.5 Å². The number of nitrogens with zero attached hydrogens (tertiary/aromatic N) is 1. The fraction of sp³-hybridized carbons (Fsp3) is 0.538. The lowest BCUT2D eigenvalue weighted by Gasteiger charge is -2.27. The van der Waals surface area contributed by atoms with E-state index in [2.05, 4.69) is 0 Å². The largest absolute Gasteiger partial charge is 0.494 e. The highest BCUT2D eigenvalue weighted by Crippen LogP contribution is 2.30. The summed E-state index contributed by atoms with van der Waals surface area (Å²) in [5.41, 5.74) is 6.05. The molecule has 1 aromatic carbocycles. The molecule has 0 fully saturated rings. The number of halogens is 2. The van der Waals surface area contributed by atoms with Gasteiger partial charge in [-0.1, -0.05) is 0 Å². The molecule has 2 atom stereocenters. The van der Waals surface area contributed by atoms with E-state index in [0.29, 0.717) is 12.0 Å². The van der Waals surface area contributed by atoms with E-state index in [0.717, 1.165) is 6.07 Å². The molecule has 2 unspecified atom stereocenters. The molecule has 0 aliphatic heterocycles. The second-order valence-electron chi connectivity index (χ2n) is 4.70. The van der Waals surface area contributed by atoms with Crippen molar-refractivity contribution < 1.29 is 13.5 Å². The van der Waals surface area contributed by atoms with Crippen molar-refractivity contribution in [2.75, 3.05) is 21.2 Å². The minimum atomic E-state index is -0.564. The number of hydrogen-bond donors (Lipinski definition) is 1. The van der Waals surface area contributed by atoms with E-state index < -0.39 is 11.6 Å². The van der Waals surface area contributed by atoms with Gasteiger partial charge in [0.15, 0.2) is 11.6 Å². The third kappa shape index (κ3) is 3.40. The van der Waals surface area contributed by atoms with Crippen LogP contribution in [0, 0.1) is 11.6 Å². The Morgan fingerprint density at radius 1 is 1.28 bits per heavy atom. The highest BCUT2D eigenvalue weighted by atomic mass is 19.1. The Bertz CT molecular complexity index is 408. The normalized spacial score (nSPS) is 14.7. The number of rotatable bonds is 5. The minimum absolute atomic E-state index is 0.0884. The zero-order valence-corrected chi connectivity index (χ0v) is 11.2. The van der Waals surface area contributed by atoms with Crippen molar-refractivity contribution in [2.24, 2.45) is 5.73 Å². The summed E-state index contributed by atoms with van der Waals surface area (Å²) >= 11 is 0. The van der Waals surface area contributed by atoms with E-state index in [9.17, 15) is 8.78 Å². The molecule has 0 spiro atoms. The summed E-state index contributed by atoms with van der Waals surface area (Å²) in [6, 6.07) is 1.90. The first-order valence-corrected chi connectivity index (χ1v) is 5.81. The molecule has 0 saturated carbocycles. The smallest absolute Gasteiger partial charge is 0.165 e. The van der Waals surface area contributed by atoms with Gasteiger partial charge in [0.2, 0.25) is 0 Å². The van der Waals surface area contributed by atoms with Gasteiger partial charge in [-0.15, -0.1) is 0 Å². The quantitative estimate of drug-likeness (QED) is 0.880. The summed E-state index contributed by atoms with van der Waals surface area (Å²) in [4.78, 5) is 1.83. The number of nitrogens with two attached hydrogens (primary N) is 1. The van der Waals surface area contributed by atoms with Crippen molar-refractivity contribution in [3.8, 4) is 5.75 Å². The Balaban J connectivity index is 3.16. The molecular weight excluding hydrogens is 238 g/mol. The fourth-order valence-electron chi connectivity index (χ4n) is 1.92. The Morgan fingerprint density at radius 3 is 2.33 bits per heavy atom. The predicted molar refractivity (Wildman–Crippen MR) is 67.6 cm³/mol. The van der Waals surface area contributed by atoms with Gasteiger partial charge in [0.1, 0.15) is 5.82 Å². The number of ether oxygens (including phenoxy) is 1. The van der Waals surface area contributed by atoms with Gasteiger partial charge in [0.25, 0.3) is 0 Å². The monoisotopic (exact) mass is 258 g/mol. The van der Waals surface area contributed by atoms with Crippen LogP contribution in [0.1, 0.15) is 24.9 Å². The Kier molecular flexibility index (Phi) is 5.04. The van der Waals surface area contributed by atoms with Gasteiger partial charge in [0.05, 0.1) is 7.11 Å². The van der Waals surface area contributed by atoms with E-state index in [4.69, 9.17) is 10.5 Å². The van der Waals surface area contributed by atoms with Crippen LogP contribution in [0.3, 0.4) is 0 Å². The third-order valence-corrected chi connectivity index (χ3v) is 2.85. The molecule has 1 rings (SSSR count). The van der Waals surface area contributed by atoms with E-state index >= 15 is 0 Å². The maximum Gasteiger partial charge on any atom is 0.165 e. The SMILES string of the molecule is COc1cc(F)c(C(CC(C)N)N(C)C)cc1F. The molecule has 0 aromatic heterocycles. The maximum atomic E-state index is 14.0. The van der Waals surface area contributed by atoms with E-state index in [-0.39, 0.29) is 17.8 Å². The molecule has 0 heterocycles. The second-order valence-corrected chi connectivity index (χ2v) is 4.70. The van der Waals surface area contributed by atoms with Crippen molar-refractivity contribution in [2.45, 2.75) is 25.4 Å². The van der Waals surface area contributed by atoms with Crippen LogP contribution in [-0.2, 0) is 0 Å². The van der Waals surface area contributed by atoms with E-state index in [1.54, 1.807) is 0 Å². The lowest BCUT2D eigenvalue weighted by atomic mass is 9.98. The van der Waals surface area contributed by atoms with Gasteiger partial charge in [0, 0.05) is 23.7 Å². The third-order valence-electron chi connectivity index (χ3n) is 2.85. The van der Waals surface area contributed by atoms with Crippen molar-refractivity contribution in [3.63, 3.8) is 0 Å². The zero-order chi connectivity index (χ0) is 13.9. The molecule has 1 aromatic rings. The molecule has 2 N–H and O–H groups in total. The molecule has 0 amide bonds.